The van der Waals surface area contributed by atoms with Gasteiger partial charge in [-0.25, -0.2) is 0 Å². The molecule has 0 radical (unpaired) electrons. The van der Waals surface area contributed by atoms with Crippen molar-refractivity contribution in [3.05, 3.63) is 23.8 Å². The molecule has 37 heavy (non-hydrogen) atoms. The van der Waals surface area contributed by atoms with Gasteiger partial charge in [-0.2, -0.15) is 0 Å². The molecular formula is C23H34O14. The largest absolute Gasteiger partial charge is 0.493 e. The Morgan fingerprint density at radius 2 is 1.30 bits per heavy atom. The van der Waals surface area contributed by atoms with E-state index in [0.29, 0.717) is 5.56 Å². The lowest BCUT2D eigenvalue weighted by Gasteiger charge is -2.42. The van der Waals surface area contributed by atoms with E-state index < -0.39 is 74.6 Å². The summed E-state index contributed by atoms with van der Waals surface area (Å²) in [7, 11) is 2.74. The minimum Gasteiger partial charge on any atom is -0.493 e. The quantitative estimate of drug-likeness (QED) is 0.148. The first-order valence-electron chi connectivity index (χ1n) is 11.5. The van der Waals surface area contributed by atoms with Crippen molar-refractivity contribution in [2.24, 2.45) is 0 Å². The van der Waals surface area contributed by atoms with Crippen molar-refractivity contribution in [2.45, 2.75) is 61.4 Å². The Balaban J connectivity index is 1.76. The molecule has 3 rings (SSSR count). The van der Waals surface area contributed by atoms with Crippen molar-refractivity contribution in [3.63, 3.8) is 0 Å². The predicted molar refractivity (Wildman–Crippen MR) is 123 cm³/mol. The fourth-order valence-corrected chi connectivity index (χ4v) is 3.96. The number of methoxy groups -OCH3 is 2. The molecule has 14 nitrogen and oxygen atoms in total. The second-order valence-electron chi connectivity index (χ2n) is 8.50. The molecule has 0 aromatic heterocycles. The standard InChI is InChI=1S/C23H34O14/c1-32-11-6-10(4-3-5-24)7-12(33-2)21(11)37-23-20(31)18(29)16(27)14(36-23)9-34-22-19(30)17(28)15(26)13(8-25)35-22/h3-4,6-7,13-20,22-31H,5,8-9H2,1-2H3/t13-,14-,15-,16-,17+,18+,19-,20-,22+,23-/m1/s1. The number of aliphatic hydroxyl groups is 8. The molecule has 0 aliphatic carbocycles. The monoisotopic (exact) mass is 534 g/mol. The smallest absolute Gasteiger partial charge is 0.229 e. The Hall–Kier alpha value is -2.08. The number of benzene rings is 1. The van der Waals surface area contributed by atoms with E-state index in [9.17, 15) is 35.7 Å². The van der Waals surface area contributed by atoms with Gasteiger partial charge in [0.15, 0.2) is 17.8 Å². The molecule has 8 N–H and O–H groups in total. The summed E-state index contributed by atoms with van der Waals surface area (Å²) in [5.41, 5.74) is 0.612. The van der Waals surface area contributed by atoms with Crippen LogP contribution < -0.4 is 14.2 Å². The van der Waals surface area contributed by atoms with Crippen LogP contribution in [-0.4, -0.2) is 136 Å². The maximum Gasteiger partial charge on any atom is 0.229 e. The van der Waals surface area contributed by atoms with E-state index in [2.05, 4.69) is 0 Å². The molecule has 2 fully saturated rings. The highest BCUT2D eigenvalue weighted by Crippen LogP contribution is 2.41. The molecule has 1 aromatic rings. The van der Waals surface area contributed by atoms with Crippen molar-refractivity contribution in [2.75, 3.05) is 34.0 Å². The van der Waals surface area contributed by atoms with Gasteiger partial charge in [-0.15, -0.1) is 0 Å². The molecule has 0 bridgehead atoms. The fourth-order valence-electron chi connectivity index (χ4n) is 3.96. The van der Waals surface area contributed by atoms with E-state index in [1.165, 1.54) is 20.3 Å². The van der Waals surface area contributed by atoms with Crippen LogP contribution in [0.25, 0.3) is 6.08 Å². The number of hydrogen-bond donors (Lipinski definition) is 8. The second-order valence-corrected chi connectivity index (χ2v) is 8.50. The van der Waals surface area contributed by atoms with Gasteiger partial charge in [0.05, 0.1) is 34.0 Å². The molecular weight excluding hydrogens is 500 g/mol. The van der Waals surface area contributed by atoms with E-state index in [1.807, 2.05) is 0 Å². The summed E-state index contributed by atoms with van der Waals surface area (Å²) in [6, 6.07) is 3.15. The molecule has 0 spiro atoms. The zero-order chi connectivity index (χ0) is 27.3. The van der Waals surface area contributed by atoms with Crippen LogP contribution in [0.15, 0.2) is 18.2 Å². The summed E-state index contributed by atoms with van der Waals surface area (Å²) in [6.45, 7) is -1.35. The van der Waals surface area contributed by atoms with Gasteiger partial charge < -0.3 is 69.3 Å². The van der Waals surface area contributed by atoms with E-state index in [1.54, 1.807) is 18.2 Å². The molecule has 2 aliphatic rings. The molecule has 2 saturated heterocycles. The summed E-state index contributed by atoms with van der Waals surface area (Å²) < 4.78 is 32.8. The zero-order valence-corrected chi connectivity index (χ0v) is 20.2. The first-order chi connectivity index (χ1) is 17.7. The van der Waals surface area contributed by atoms with Crippen LogP contribution in [0.2, 0.25) is 0 Å². The Kier molecular flexibility index (Phi) is 10.5. The molecule has 1 aromatic carbocycles. The average molecular weight is 535 g/mol. The summed E-state index contributed by atoms with van der Waals surface area (Å²) in [5.74, 6) is 0.386. The molecule has 0 saturated carbocycles. The fraction of sp³-hybridized carbons (Fsp3) is 0.652. The Morgan fingerprint density at radius 3 is 1.84 bits per heavy atom. The van der Waals surface area contributed by atoms with Crippen LogP contribution in [-0.2, 0) is 14.2 Å². The minimum atomic E-state index is -1.73. The van der Waals surface area contributed by atoms with Crippen molar-refractivity contribution >= 4 is 6.08 Å². The lowest BCUT2D eigenvalue weighted by molar-refractivity contribution is -0.323. The summed E-state index contributed by atoms with van der Waals surface area (Å²) in [5, 5.41) is 79.6. The second kappa shape index (κ2) is 13.1. The first kappa shape index (κ1) is 29.5. The summed E-state index contributed by atoms with van der Waals surface area (Å²) >= 11 is 0. The van der Waals surface area contributed by atoms with Gasteiger partial charge in [-0.3, -0.25) is 0 Å². The van der Waals surface area contributed by atoms with Gasteiger partial charge in [0.25, 0.3) is 0 Å². The van der Waals surface area contributed by atoms with Crippen LogP contribution in [0.4, 0.5) is 0 Å². The molecule has 210 valence electrons. The third-order valence-corrected chi connectivity index (χ3v) is 6.07. The topological polar surface area (TPSA) is 217 Å². The van der Waals surface area contributed by atoms with Crippen molar-refractivity contribution in [1.82, 2.24) is 0 Å². The number of ether oxygens (including phenoxy) is 6. The van der Waals surface area contributed by atoms with Gasteiger partial charge in [-0.05, 0) is 17.7 Å². The van der Waals surface area contributed by atoms with Crippen molar-refractivity contribution < 1.29 is 69.3 Å². The lowest BCUT2D eigenvalue weighted by atomic mass is 9.98. The maximum absolute atomic E-state index is 10.5. The van der Waals surface area contributed by atoms with Gasteiger partial charge in [0.2, 0.25) is 12.0 Å². The normalized spacial score (nSPS) is 36.5. The Labute approximate surface area is 212 Å². The van der Waals surface area contributed by atoms with Gasteiger partial charge in [0, 0.05) is 0 Å². The Morgan fingerprint density at radius 1 is 0.757 bits per heavy atom. The van der Waals surface area contributed by atoms with Crippen LogP contribution in [0.1, 0.15) is 5.56 Å². The SMILES string of the molecule is COc1cc(C=CCO)cc(OC)c1O[C@H]1O[C@H](CO[C@H]2O[C@H](CO)[C@@H](O)[C@H](O)[C@H]2O)[C@@H](O)[C@H](O)[C@H]1O. The number of rotatable bonds is 10. The third kappa shape index (κ3) is 6.50. The van der Waals surface area contributed by atoms with Crippen LogP contribution in [0.3, 0.4) is 0 Å². The highest BCUT2D eigenvalue weighted by molar-refractivity contribution is 5.62. The molecule has 0 amide bonds. The van der Waals surface area contributed by atoms with E-state index in [0.717, 1.165) is 0 Å². The van der Waals surface area contributed by atoms with E-state index >= 15 is 0 Å². The van der Waals surface area contributed by atoms with E-state index in [4.69, 9.17) is 33.5 Å². The molecule has 14 heteroatoms. The van der Waals surface area contributed by atoms with Gasteiger partial charge >= 0.3 is 0 Å². The van der Waals surface area contributed by atoms with Crippen LogP contribution in [0, 0.1) is 0 Å². The maximum atomic E-state index is 10.5. The first-order valence-corrected chi connectivity index (χ1v) is 11.5. The number of aliphatic hydroxyl groups excluding tert-OH is 8. The van der Waals surface area contributed by atoms with Gasteiger partial charge in [0.1, 0.15) is 48.8 Å². The highest BCUT2D eigenvalue weighted by Gasteiger charge is 2.48. The van der Waals surface area contributed by atoms with Crippen LogP contribution >= 0.6 is 0 Å². The molecule has 0 unspecified atom stereocenters. The Bertz CT molecular complexity index is 869. The minimum absolute atomic E-state index is 0.0207. The third-order valence-electron chi connectivity index (χ3n) is 6.07. The number of hydrogen-bond acceptors (Lipinski definition) is 14. The summed E-state index contributed by atoms with van der Waals surface area (Å²) in [6.07, 6.45) is -12.5. The van der Waals surface area contributed by atoms with E-state index in [-0.39, 0.29) is 23.9 Å². The molecule has 2 aliphatic heterocycles. The molecule has 10 atom stereocenters. The lowest BCUT2D eigenvalue weighted by Crippen LogP contribution is -2.62. The predicted octanol–water partition coefficient (Wildman–Crippen LogP) is -3.29. The zero-order valence-electron chi connectivity index (χ0n) is 20.2. The molecule has 2 heterocycles. The van der Waals surface area contributed by atoms with Crippen molar-refractivity contribution in [1.29, 1.82) is 0 Å². The highest BCUT2D eigenvalue weighted by atomic mass is 16.7. The summed E-state index contributed by atoms with van der Waals surface area (Å²) in [4.78, 5) is 0. The van der Waals surface area contributed by atoms with Crippen LogP contribution in [0.5, 0.6) is 17.2 Å². The van der Waals surface area contributed by atoms with Gasteiger partial charge in [-0.1, -0.05) is 12.2 Å². The average Bonchev–Trinajstić information content (AvgIpc) is 2.91. The van der Waals surface area contributed by atoms with Crippen molar-refractivity contribution in [3.8, 4) is 17.2 Å².